The molecule has 1 fully saturated rings. The lowest BCUT2D eigenvalue weighted by molar-refractivity contribution is -0.119. The predicted octanol–water partition coefficient (Wildman–Crippen LogP) is 4.55. The van der Waals surface area contributed by atoms with Crippen LogP contribution in [0.4, 0.5) is 5.69 Å². The van der Waals surface area contributed by atoms with Gasteiger partial charge in [-0.05, 0) is 55.7 Å². The van der Waals surface area contributed by atoms with Crippen LogP contribution >= 0.6 is 23.2 Å². The second kappa shape index (κ2) is 8.19. The maximum atomic E-state index is 12.9. The van der Waals surface area contributed by atoms with Crippen molar-refractivity contribution in [2.45, 2.75) is 25.8 Å². The van der Waals surface area contributed by atoms with Crippen LogP contribution in [0.1, 0.15) is 28.8 Å². The molecular weight excluding hydrogens is 387 g/mol. The van der Waals surface area contributed by atoms with Crippen molar-refractivity contribution in [2.24, 2.45) is 0 Å². The molecular formula is C20H20Cl2N2O3. The summed E-state index contributed by atoms with van der Waals surface area (Å²) in [4.78, 5) is 27.4. The topological polar surface area (TPSA) is 58.6 Å². The molecule has 142 valence electrons. The van der Waals surface area contributed by atoms with E-state index in [4.69, 9.17) is 27.9 Å². The number of halogens is 2. The molecule has 0 unspecified atom stereocenters. The van der Waals surface area contributed by atoms with Gasteiger partial charge in [0.25, 0.3) is 5.91 Å². The highest BCUT2D eigenvalue weighted by Crippen LogP contribution is 2.29. The summed E-state index contributed by atoms with van der Waals surface area (Å²) in [6.07, 6.45) is 1.33. The van der Waals surface area contributed by atoms with Crippen molar-refractivity contribution < 1.29 is 14.3 Å². The van der Waals surface area contributed by atoms with Gasteiger partial charge in [-0.1, -0.05) is 29.3 Å². The monoisotopic (exact) mass is 406 g/mol. The molecule has 2 aromatic carbocycles. The van der Waals surface area contributed by atoms with E-state index < -0.39 is 6.04 Å². The van der Waals surface area contributed by atoms with Gasteiger partial charge in [0.2, 0.25) is 5.91 Å². The molecule has 0 bridgehead atoms. The van der Waals surface area contributed by atoms with Crippen molar-refractivity contribution in [3.8, 4) is 5.75 Å². The number of carbonyl (C=O) groups excluding carboxylic acids is 2. The lowest BCUT2D eigenvalue weighted by Crippen LogP contribution is -2.43. The minimum atomic E-state index is -0.572. The molecule has 0 aromatic heterocycles. The smallest absolute Gasteiger partial charge is 0.256 e. The summed E-state index contributed by atoms with van der Waals surface area (Å²) in [5, 5.41) is 3.63. The average molecular weight is 407 g/mol. The number of methoxy groups -OCH3 is 1. The number of rotatable bonds is 4. The van der Waals surface area contributed by atoms with Crippen LogP contribution in [0.25, 0.3) is 0 Å². The third kappa shape index (κ3) is 4.20. The van der Waals surface area contributed by atoms with Crippen LogP contribution in [0.3, 0.4) is 0 Å². The number of ether oxygens (including phenoxy) is 1. The fourth-order valence-corrected chi connectivity index (χ4v) is 3.60. The van der Waals surface area contributed by atoms with Crippen molar-refractivity contribution in [2.75, 3.05) is 19.0 Å². The van der Waals surface area contributed by atoms with Gasteiger partial charge in [0.15, 0.2) is 0 Å². The zero-order valence-corrected chi connectivity index (χ0v) is 16.6. The first-order chi connectivity index (χ1) is 12.9. The highest BCUT2D eigenvalue weighted by molar-refractivity contribution is 6.35. The summed E-state index contributed by atoms with van der Waals surface area (Å²) < 4.78 is 5.31. The van der Waals surface area contributed by atoms with Crippen LogP contribution < -0.4 is 10.1 Å². The molecule has 1 N–H and O–H groups in total. The van der Waals surface area contributed by atoms with E-state index in [1.807, 2.05) is 19.1 Å². The van der Waals surface area contributed by atoms with Crippen LogP contribution in [0, 0.1) is 6.92 Å². The zero-order chi connectivity index (χ0) is 19.6. The Kier molecular flexibility index (Phi) is 5.92. The van der Waals surface area contributed by atoms with Gasteiger partial charge in [-0.3, -0.25) is 9.59 Å². The first-order valence-corrected chi connectivity index (χ1v) is 9.38. The van der Waals surface area contributed by atoms with Gasteiger partial charge in [-0.25, -0.2) is 0 Å². The molecule has 1 aliphatic rings. The fourth-order valence-electron chi connectivity index (χ4n) is 3.23. The Labute approximate surface area is 168 Å². The SMILES string of the molecule is COc1ccc(C)cc1NC(=O)[C@H]1CCCN1C(=O)c1cc(Cl)ccc1Cl. The molecule has 3 rings (SSSR count). The molecule has 27 heavy (non-hydrogen) atoms. The van der Waals surface area contributed by atoms with Gasteiger partial charge >= 0.3 is 0 Å². The Balaban J connectivity index is 1.82. The highest BCUT2D eigenvalue weighted by Gasteiger charge is 2.35. The number of anilines is 1. The standard InChI is InChI=1S/C20H20Cl2N2O3/c1-12-5-8-18(27-2)16(10-12)23-19(25)17-4-3-9-24(17)20(26)14-11-13(21)6-7-15(14)22/h5-8,10-11,17H,3-4,9H2,1-2H3,(H,23,25)/t17-/m1/s1. The van der Waals surface area contributed by atoms with E-state index in [0.29, 0.717) is 40.0 Å². The Bertz CT molecular complexity index is 886. The van der Waals surface area contributed by atoms with E-state index in [-0.39, 0.29) is 11.8 Å². The Morgan fingerprint density at radius 2 is 1.96 bits per heavy atom. The van der Waals surface area contributed by atoms with E-state index in [9.17, 15) is 9.59 Å². The molecule has 5 nitrogen and oxygen atoms in total. The number of likely N-dealkylation sites (tertiary alicyclic amines) is 1. The lowest BCUT2D eigenvalue weighted by Gasteiger charge is -2.25. The summed E-state index contributed by atoms with van der Waals surface area (Å²) in [5.41, 5.74) is 1.88. The number of amides is 2. The van der Waals surface area contributed by atoms with Gasteiger partial charge in [0, 0.05) is 11.6 Å². The summed E-state index contributed by atoms with van der Waals surface area (Å²) in [6.45, 7) is 2.42. The molecule has 2 aromatic rings. The maximum absolute atomic E-state index is 12.9. The first-order valence-electron chi connectivity index (χ1n) is 8.62. The fraction of sp³-hybridized carbons (Fsp3) is 0.300. The van der Waals surface area contributed by atoms with Gasteiger partial charge in [-0.15, -0.1) is 0 Å². The summed E-state index contributed by atoms with van der Waals surface area (Å²) in [6, 6.07) is 9.71. The zero-order valence-electron chi connectivity index (χ0n) is 15.1. The number of benzene rings is 2. The second-order valence-corrected chi connectivity index (χ2v) is 7.32. The third-order valence-electron chi connectivity index (χ3n) is 4.59. The van der Waals surface area contributed by atoms with Gasteiger partial charge in [0.1, 0.15) is 11.8 Å². The molecule has 0 aliphatic carbocycles. The summed E-state index contributed by atoms with van der Waals surface area (Å²) in [7, 11) is 1.55. The second-order valence-electron chi connectivity index (χ2n) is 6.47. The number of hydrogen-bond donors (Lipinski definition) is 1. The van der Waals surface area contributed by atoms with Crippen molar-refractivity contribution in [3.05, 3.63) is 57.6 Å². The number of carbonyl (C=O) groups is 2. The van der Waals surface area contributed by atoms with E-state index in [2.05, 4.69) is 5.32 Å². The minimum absolute atomic E-state index is 0.247. The van der Waals surface area contributed by atoms with Crippen molar-refractivity contribution >= 4 is 40.7 Å². The molecule has 1 atom stereocenters. The van der Waals surface area contributed by atoms with E-state index in [1.54, 1.807) is 30.2 Å². The van der Waals surface area contributed by atoms with Gasteiger partial charge in [-0.2, -0.15) is 0 Å². The van der Waals surface area contributed by atoms with Crippen LogP contribution in [0.15, 0.2) is 36.4 Å². The third-order valence-corrected chi connectivity index (χ3v) is 5.15. The normalized spacial score (nSPS) is 16.3. The number of nitrogens with one attached hydrogen (secondary N) is 1. The summed E-state index contributed by atoms with van der Waals surface area (Å²) in [5.74, 6) is 0.0296. The average Bonchev–Trinajstić information content (AvgIpc) is 3.13. The first kappa shape index (κ1) is 19.5. The quantitative estimate of drug-likeness (QED) is 0.809. The van der Waals surface area contributed by atoms with Crippen LogP contribution in [-0.2, 0) is 4.79 Å². The van der Waals surface area contributed by atoms with Crippen molar-refractivity contribution in [3.63, 3.8) is 0 Å². The lowest BCUT2D eigenvalue weighted by atomic mass is 10.1. The van der Waals surface area contributed by atoms with Crippen LogP contribution in [0.5, 0.6) is 5.75 Å². The Morgan fingerprint density at radius 1 is 1.19 bits per heavy atom. The number of nitrogens with zero attached hydrogens (tertiary/aromatic N) is 1. The molecule has 1 aliphatic heterocycles. The van der Waals surface area contributed by atoms with Crippen LogP contribution in [-0.4, -0.2) is 36.4 Å². The van der Waals surface area contributed by atoms with Gasteiger partial charge in [0.05, 0.1) is 23.4 Å². The number of aryl methyl sites for hydroxylation is 1. The molecule has 1 saturated heterocycles. The van der Waals surface area contributed by atoms with Gasteiger partial charge < -0.3 is 15.0 Å². The Morgan fingerprint density at radius 3 is 2.70 bits per heavy atom. The molecule has 7 heteroatoms. The largest absolute Gasteiger partial charge is 0.495 e. The van der Waals surface area contributed by atoms with E-state index in [1.165, 1.54) is 6.07 Å². The molecule has 0 radical (unpaired) electrons. The maximum Gasteiger partial charge on any atom is 0.256 e. The number of hydrogen-bond acceptors (Lipinski definition) is 3. The molecule has 0 spiro atoms. The minimum Gasteiger partial charge on any atom is -0.495 e. The molecule has 0 saturated carbocycles. The van der Waals surface area contributed by atoms with E-state index >= 15 is 0 Å². The molecule has 2 amide bonds. The highest BCUT2D eigenvalue weighted by atomic mass is 35.5. The van der Waals surface area contributed by atoms with Crippen molar-refractivity contribution in [1.82, 2.24) is 4.90 Å². The van der Waals surface area contributed by atoms with E-state index in [0.717, 1.165) is 12.0 Å². The molecule has 1 heterocycles. The van der Waals surface area contributed by atoms with Crippen molar-refractivity contribution in [1.29, 1.82) is 0 Å². The summed E-state index contributed by atoms with van der Waals surface area (Å²) >= 11 is 12.2. The Hall–Kier alpha value is -2.24. The predicted molar refractivity (Wildman–Crippen MR) is 107 cm³/mol. The van der Waals surface area contributed by atoms with Crippen LogP contribution in [0.2, 0.25) is 10.0 Å².